The largest absolute Gasteiger partial charge is 0.244 e. The summed E-state index contributed by atoms with van der Waals surface area (Å²) in [7, 11) is -7.61. The number of nitrogens with two attached hydrogens (primary N) is 1. The molecule has 32 heavy (non-hydrogen) atoms. The molecule has 0 amide bonds. The molecule has 0 fully saturated rings. The molecule has 0 aliphatic carbocycles. The van der Waals surface area contributed by atoms with Crippen LogP contribution < -0.4 is 9.86 Å². The van der Waals surface area contributed by atoms with Crippen LogP contribution in [0.1, 0.15) is 5.56 Å². The Labute approximate surface area is 190 Å². The van der Waals surface area contributed by atoms with Gasteiger partial charge in [-0.25, -0.2) is 31.4 Å². The molecule has 0 radical (unpaired) electrons. The molecule has 2 aromatic heterocycles. The third-order valence-electron chi connectivity index (χ3n) is 4.70. The first-order valence-electron chi connectivity index (χ1n) is 9.54. The average Bonchev–Trinajstić information content (AvgIpc) is 3.44. The molecule has 0 aliphatic heterocycles. The molecule has 8 nitrogen and oxygen atoms in total. The zero-order chi connectivity index (χ0) is 22.8. The van der Waals surface area contributed by atoms with Crippen molar-refractivity contribution in [3.8, 4) is 16.3 Å². The minimum absolute atomic E-state index is 0.00995. The lowest BCUT2D eigenvalue weighted by atomic mass is 10.2. The van der Waals surface area contributed by atoms with Crippen LogP contribution in [0.3, 0.4) is 0 Å². The summed E-state index contributed by atoms with van der Waals surface area (Å²) >= 11 is 1.41. The van der Waals surface area contributed by atoms with Crippen molar-refractivity contribution in [2.75, 3.05) is 6.54 Å². The molecule has 166 valence electrons. The lowest BCUT2D eigenvalue weighted by Gasteiger charge is -2.07. The highest BCUT2D eigenvalue weighted by atomic mass is 32.2. The number of aromatic nitrogens is 2. The minimum atomic E-state index is -3.85. The predicted octanol–water partition coefficient (Wildman–Crippen LogP) is 2.77. The second-order valence-corrected chi connectivity index (χ2v) is 11.2. The summed E-state index contributed by atoms with van der Waals surface area (Å²) in [6.07, 6.45) is 1.89. The summed E-state index contributed by atoms with van der Waals surface area (Å²) in [5.74, 6) is 0. The number of hydrogen-bond acceptors (Lipinski definition) is 6. The lowest BCUT2D eigenvalue weighted by molar-refractivity contribution is 0.582. The van der Waals surface area contributed by atoms with Gasteiger partial charge in [0, 0.05) is 6.54 Å². The zero-order valence-electron chi connectivity index (χ0n) is 16.7. The monoisotopic (exact) mass is 488 g/mol. The van der Waals surface area contributed by atoms with Crippen molar-refractivity contribution in [2.45, 2.75) is 16.2 Å². The van der Waals surface area contributed by atoms with Crippen molar-refractivity contribution >= 4 is 31.4 Å². The highest BCUT2D eigenvalue weighted by molar-refractivity contribution is 7.89. The van der Waals surface area contributed by atoms with Crippen molar-refractivity contribution in [1.29, 1.82) is 0 Å². The highest BCUT2D eigenvalue weighted by Gasteiger charge is 2.24. The van der Waals surface area contributed by atoms with E-state index in [0.29, 0.717) is 12.1 Å². The molecular weight excluding hydrogens is 468 g/mol. The van der Waals surface area contributed by atoms with E-state index in [1.54, 1.807) is 16.8 Å². The van der Waals surface area contributed by atoms with Crippen LogP contribution in [0, 0.1) is 0 Å². The summed E-state index contributed by atoms with van der Waals surface area (Å²) in [5.41, 5.74) is 1.91. The number of hydrogen-bond donors (Lipinski definition) is 2. The Bertz CT molecular complexity index is 1410. The number of sulfonamides is 2. The second-order valence-electron chi connectivity index (χ2n) is 6.94. The molecule has 2 aromatic carbocycles. The average molecular weight is 489 g/mol. The van der Waals surface area contributed by atoms with Gasteiger partial charge in [-0.1, -0.05) is 36.4 Å². The van der Waals surface area contributed by atoms with Crippen molar-refractivity contribution in [2.24, 2.45) is 5.14 Å². The fourth-order valence-electron chi connectivity index (χ4n) is 3.11. The quantitative estimate of drug-likeness (QED) is 0.395. The SMILES string of the molecule is NS(=O)(=O)c1ccc(CCNS(=O)(=O)c2cn(-c3ccccc3)nc2-c2cccs2)cc1. The van der Waals surface area contributed by atoms with Gasteiger partial charge in [0.25, 0.3) is 0 Å². The first-order chi connectivity index (χ1) is 15.2. The Hall–Kier alpha value is -2.83. The first kappa shape index (κ1) is 22.4. The molecule has 0 atom stereocenters. The van der Waals surface area contributed by atoms with Crippen LogP contribution in [0.25, 0.3) is 16.3 Å². The van der Waals surface area contributed by atoms with E-state index >= 15 is 0 Å². The van der Waals surface area contributed by atoms with Crippen LogP contribution in [0.15, 0.2) is 88.1 Å². The van der Waals surface area contributed by atoms with E-state index in [4.69, 9.17) is 5.14 Å². The van der Waals surface area contributed by atoms with Crippen LogP contribution in [-0.2, 0) is 26.5 Å². The van der Waals surface area contributed by atoms with Gasteiger partial charge in [0.2, 0.25) is 20.0 Å². The van der Waals surface area contributed by atoms with Crippen LogP contribution in [0.4, 0.5) is 0 Å². The van der Waals surface area contributed by atoms with Crippen molar-refractivity contribution in [3.05, 3.63) is 83.9 Å². The van der Waals surface area contributed by atoms with E-state index < -0.39 is 20.0 Å². The van der Waals surface area contributed by atoms with Gasteiger partial charge in [0.1, 0.15) is 10.6 Å². The molecule has 3 N–H and O–H groups in total. The van der Waals surface area contributed by atoms with E-state index in [9.17, 15) is 16.8 Å². The van der Waals surface area contributed by atoms with Crippen LogP contribution in [0.5, 0.6) is 0 Å². The maximum atomic E-state index is 13.1. The third-order valence-corrected chi connectivity index (χ3v) is 7.97. The Morgan fingerprint density at radius 2 is 1.66 bits per heavy atom. The number of rotatable bonds is 8. The molecule has 4 rings (SSSR count). The first-order valence-corrected chi connectivity index (χ1v) is 13.5. The lowest BCUT2D eigenvalue weighted by Crippen LogP contribution is -2.26. The smallest absolute Gasteiger partial charge is 0.239 e. The number of nitrogens with one attached hydrogen (secondary N) is 1. The van der Waals surface area contributed by atoms with Crippen LogP contribution in [-0.4, -0.2) is 33.2 Å². The predicted molar refractivity (Wildman–Crippen MR) is 124 cm³/mol. The van der Waals surface area contributed by atoms with Gasteiger partial charge in [-0.2, -0.15) is 5.10 Å². The number of para-hydroxylation sites is 1. The molecule has 0 bridgehead atoms. The van der Waals surface area contributed by atoms with Gasteiger partial charge in [-0.15, -0.1) is 11.3 Å². The normalized spacial score (nSPS) is 12.2. The summed E-state index contributed by atoms with van der Waals surface area (Å²) in [4.78, 5) is 0.850. The summed E-state index contributed by atoms with van der Waals surface area (Å²) in [6, 6.07) is 19.0. The van der Waals surface area contributed by atoms with Gasteiger partial charge in [-0.05, 0) is 47.7 Å². The van der Waals surface area contributed by atoms with Gasteiger partial charge in [0.15, 0.2) is 0 Å². The zero-order valence-corrected chi connectivity index (χ0v) is 19.2. The third kappa shape index (κ3) is 4.97. The standard InChI is InChI=1S/C21H20N4O4S3/c22-31(26,27)18-10-8-16(9-11-18)12-13-23-32(28,29)20-15-25(17-5-2-1-3-6-17)24-21(20)19-7-4-14-30-19/h1-11,14-15,23H,12-13H2,(H2,22,26,27). The fraction of sp³-hybridized carbons (Fsp3) is 0.0952. The summed E-state index contributed by atoms with van der Waals surface area (Å²) in [6.45, 7) is 0.136. The molecular formula is C21H20N4O4S3. The Kier molecular flexibility index (Phi) is 6.26. The number of thiophene rings is 1. The van der Waals surface area contributed by atoms with Crippen molar-refractivity contribution in [3.63, 3.8) is 0 Å². The second kappa shape index (κ2) is 8.96. The van der Waals surface area contributed by atoms with Gasteiger partial charge in [-0.3, -0.25) is 0 Å². The Morgan fingerprint density at radius 3 is 2.28 bits per heavy atom. The fourth-order valence-corrected chi connectivity index (χ4v) is 5.58. The topological polar surface area (TPSA) is 124 Å². The molecule has 2 heterocycles. The molecule has 0 spiro atoms. The van der Waals surface area contributed by atoms with Crippen molar-refractivity contribution in [1.82, 2.24) is 14.5 Å². The number of primary sulfonamides is 1. The molecule has 4 aromatic rings. The van der Waals surface area contributed by atoms with Crippen LogP contribution in [0.2, 0.25) is 0 Å². The number of benzene rings is 2. The van der Waals surface area contributed by atoms with Gasteiger partial charge >= 0.3 is 0 Å². The molecule has 0 unspecified atom stereocenters. The Balaban J connectivity index is 1.56. The van der Waals surface area contributed by atoms with Crippen molar-refractivity contribution < 1.29 is 16.8 Å². The Morgan fingerprint density at radius 1 is 0.938 bits per heavy atom. The summed E-state index contributed by atoms with van der Waals surface area (Å²) < 4.78 is 53.1. The van der Waals surface area contributed by atoms with E-state index in [1.807, 2.05) is 47.8 Å². The molecule has 0 saturated heterocycles. The van der Waals surface area contributed by atoms with E-state index in [0.717, 1.165) is 16.1 Å². The minimum Gasteiger partial charge on any atom is -0.239 e. The van der Waals surface area contributed by atoms with Gasteiger partial charge in [0.05, 0.1) is 21.7 Å². The highest BCUT2D eigenvalue weighted by Crippen LogP contribution is 2.30. The van der Waals surface area contributed by atoms with Gasteiger partial charge < -0.3 is 0 Å². The maximum Gasteiger partial charge on any atom is 0.244 e. The van der Waals surface area contributed by atoms with Crippen LogP contribution >= 0.6 is 11.3 Å². The summed E-state index contributed by atoms with van der Waals surface area (Å²) in [5, 5.41) is 11.5. The number of nitrogens with zero attached hydrogens (tertiary/aromatic N) is 2. The maximum absolute atomic E-state index is 13.1. The van der Waals surface area contributed by atoms with E-state index in [-0.39, 0.29) is 16.3 Å². The van der Waals surface area contributed by atoms with E-state index in [1.165, 1.54) is 29.7 Å². The molecule has 11 heteroatoms. The molecule has 0 saturated carbocycles. The molecule has 0 aliphatic rings. The van der Waals surface area contributed by atoms with E-state index in [2.05, 4.69) is 9.82 Å².